The van der Waals surface area contributed by atoms with Gasteiger partial charge in [-0.2, -0.15) is 5.10 Å². The van der Waals surface area contributed by atoms with Crippen LogP contribution in [0.15, 0.2) is 42.7 Å². The third kappa shape index (κ3) is 2.18. The number of fused-ring (bicyclic) bond motifs is 1. The Morgan fingerprint density at radius 3 is 2.95 bits per heavy atom. The maximum Gasteiger partial charge on any atom is 0.0812 e. The molecule has 2 heterocycles. The maximum atomic E-state index is 5.63. The molecule has 0 unspecified atom stereocenters. The van der Waals surface area contributed by atoms with Crippen LogP contribution in [0, 0.1) is 0 Å². The summed E-state index contributed by atoms with van der Waals surface area (Å²) in [5.41, 5.74) is 10.1. The van der Waals surface area contributed by atoms with Crippen LogP contribution < -0.4 is 5.73 Å². The van der Waals surface area contributed by atoms with Crippen LogP contribution in [0.1, 0.15) is 12.5 Å². The monoisotopic (exact) mass is 266 g/mol. The first-order valence-electron chi connectivity index (χ1n) is 6.93. The largest absolute Gasteiger partial charge is 0.330 e. The van der Waals surface area contributed by atoms with E-state index in [2.05, 4.69) is 41.3 Å². The van der Waals surface area contributed by atoms with Gasteiger partial charge in [0.1, 0.15) is 0 Å². The molecular formula is C16H18N4. The van der Waals surface area contributed by atoms with E-state index < -0.39 is 0 Å². The van der Waals surface area contributed by atoms with E-state index in [1.807, 2.05) is 23.1 Å². The summed E-state index contributed by atoms with van der Waals surface area (Å²) in [5.74, 6) is 0. The summed E-state index contributed by atoms with van der Waals surface area (Å²) >= 11 is 0. The summed E-state index contributed by atoms with van der Waals surface area (Å²) in [6.45, 7) is 3.61. The topological polar surface area (TPSA) is 56.7 Å². The maximum absolute atomic E-state index is 5.63. The smallest absolute Gasteiger partial charge is 0.0812 e. The molecule has 20 heavy (non-hydrogen) atoms. The van der Waals surface area contributed by atoms with Gasteiger partial charge in [-0.25, -0.2) is 0 Å². The van der Waals surface area contributed by atoms with E-state index in [9.17, 15) is 0 Å². The van der Waals surface area contributed by atoms with Crippen molar-refractivity contribution in [2.75, 3.05) is 6.54 Å². The molecule has 0 saturated heterocycles. The number of pyridine rings is 1. The quantitative estimate of drug-likeness (QED) is 0.789. The van der Waals surface area contributed by atoms with Crippen molar-refractivity contribution in [1.29, 1.82) is 0 Å². The van der Waals surface area contributed by atoms with Gasteiger partial charge in [-0.15, -0.1) is 0 Å². The zero-order valence-corrected chi connectivity index (χ0v) is 11.6. The predicted molar refractivity (Wildman–Crippen MR) is 81.4 cm³/mol. The molecule has 0 aliphatic carbocycles. The van der Waals surface area contributed by atoms with E-state index in [1.54, 1.807) is 0 Å². The van der Waals surface area contributed by atoms with Crippen molar-refractivity contribution in [3.63, 3.8) is 0 Å². The average Bonchev–Trinajstić information content (AvgIpc) is 2.91. The van der Waals surface area contributed by atoms with Crippen molar-refractivity contribution in [2.24, 2.45) is 5.73 Å². The molecule has 0 fully saturated rings. The Morgan fingerprint density at radius 1 is 1.25 bits per heavy atom. The minimum absolute atomic E-state index is 0.662. The van der Waals surface area contributed by atoms with Crippen molar-refractivity contribution >= 4 is 10.9 Å². The third-order valence-corrected chi connectivity index (χ3v) is 3.50. The minimum atomic E-state index is 0.662. The number of nitrogens with two attached hydrogens (primary N) is 1. The molecule has 0 radical (unpaired) electrons. The molecule has 0 aliphatic rings. The molecule has 0 spiro atoms. The SMILES string of the molecule is CCn1ncc2c(-c3cccc(CCN)c3)nccc21. The van der Waals surface area contributed by atoms with Crippen LogP contribution in [0.5, 0.6) is 0 Å². The first-order chi connectivity index (χ1) is 9.83. The molecule has 4 heteroatoms. The molecule has 0 aliphatic heterocycles. The lowest BCUT2D eigenvalue weighted by Gasteiger charge is -2.06. The molecule has 2 aromatic heterocycles. The second kappa shape index (κ2) is 5.43. The average molecular weight is 266 g/mol. The van der Waals surface area contributed by atoms with Gasteiger partial charge in [0.25, 0.3) is 0 Å². The van der Waals surface area contributed by atoms with Crippen LogP contribution in [0.4, 0.5) is 0 Å². The van der Waals surface area contributed by atoms with Gasteiger partial charge in [-0.1, -0.05) is 18.2 Å². The number of hydrogen-bond donors (Lipinski definition) is 1. The zero-order valence-electron chi connectivity index (χ0n) is 11.6. The fraction of sp³-hybridized carbons (Fsp3) is 0.250. The van der Waals surface area contributed by atoms with E-state index in [4.69, 9.17) is 5.73 Å². The number of hydrogen-bond acceptors (Lipinski definition) is 3. The fourth-order valence-corrected chi connectivity index (χ4v) is 2.53. The van der Waals surface area contributed by atoms with Gasteiger partial charge < -0.3 is 5.73 Å². The van der Waals surface area contributed by atoms with E-state index >= 15 is 0 Å². The first kappa shape index (κ1) is 12.8. The highest BCUT2D eigenvalue weighted by atomic mass is 15.3. The summed E-state index contributed by atoms with van der Waals surface area (Å²) in [6, 6.07) is 10.4. The molecule has 1 aromatic carbocycles. The lowest BCUT2D eigenvalue weighted by molar-refractivity contribution is 0.684. The van der Waals surface area contributed by atoms with Gasteiger partial charge >= 0.3 is 0 Å². The second-order valence-electron chi connectivity index (χ2n) is 4.79. The molecule has 0 amide bonds. The van der Waals surface area contributed by atoms with Crippen LogP contribution in [-0.2, 0) is 13.0 Å². The number of aromatic nitrogens is 3. The summed E-state index contributed by atoms with van der Waals surface area (Å²) in [7, 11) is 0. The van der Waals surface area contributed by atoms with Gasteiger partial charge in [-0.05, 0) is 37.6 Å². The number of nitrogens with zero attached hydrogens (tertiary/aromatic N) is 3. The fourth-order valence-electron chi connectivity index (χ4n) is 2.53. The molecule has 2 N–H and O–H groups in total. The predicted octanol–water partition coefficient (Wildman–Crippen LogP) is 2.62. The molecule has 3 rings (SSSR count). The summed E-state index contributed by atoms with van der Waals surface area (Å²) < 4.78 is 1.99. The highest BCUT2D eigenvalue weighted by Crippen LogP contribution is 2.26. The Morgan fingerprint density at radius 2 is 2.15 bits per heavy atom. The Kier molecular flexibility index (Phi) is 3.48. The Labute approximate surface area is 118 Å². The molecule has 3 aromatic rings. The number of rotatable bonds is 4. The summed E-state index contributed by atoms with van der Waals surface area (Å²) in [5, 5.41) is 5.51. The van der Waals surface area contributed by atoms with Gasteiger partial charge in [0.15, 0.2) is 0 Å². The van der Waals surface area contributed by atoms with Crippen LogP contribution in [0.25, 0.3) is 22.2 Å². The molecule has 102 valence electrons. The summed E-state index contributed by atoms with van der Waals surface area (Å²) in [4.78, 5) is 4.54. The van der Waals surface area contributed by atoms with Crippen molar-refractivity contribution in [2.45, 2.75) is 19.9 Å². The van der Waals surface area contributed by atoms with Crippen LogP contribution in [0.2, 0.25) is 0 Å². The normalized spacial score (nSPS) is 11.1. The first-order valence-corrected chi connectivity index (χ1v) is 6.93. The van der Waals surface area contributed by atoms with Gasteiger partial charge in [0, 0.05) is 23.7 Å². The standard InChI is InChI=1S/C16H18N4/c1-2-20-15-7-9-18-16(14(15)11-19-20)13-5-3-4-12(10-13)6-8-17/h3-5,7,9-11H,2,6,8,17H2,1H3. The van der Waals surface area contributed by atoms with Crippen molar-refractivity contribution < 1.29 is 0 Å². The Bertz CT molecular complexity index is 730. The lowest BCUT2D eigenvalue weighted by atomic mass is 10.0. The van der Waals surface area contributed by atoms with Crippen LogP contribution >= 0.6 is 0 Å². The number of benzene rings is 1. The minimum Gasteiger partial charge on any atom is -0.330 e. The second-order valence-corrected chi connectivity index (χ2v) is 4.79. The Balaban J connectivity index is 2.14. The molecule has 0 atom stereocenters. The van der Waals surface area contributed by atoms with E-state index in [1.165, 1.54) is 5.56 Å². The zero-order chi connectivity index (χ0) is 13.9. The third-order valence-electron chi connectivity index (χ3n) is 3.50. The molecule has 0 saturated carbocycles. The van der Waals surface area contributed by atoms with Crippen LogP contribution in [-0.4, -0.2) is 21.3 Å². The van der Waals surface area contributed by atoms with Crippen LogP contribution in [0.3, 0.4) is 0 Å². The van der Waals surface area contributed by atoms with Crippen molar-refractivity contribution in [1.82, 2.24) is 14.8 Å². The molecule has 0 bridgehead atoms. The molecular weight excluding hydrogens is 248 g/mol. The van der Waals surface area contributed by atoms with Gasteiger partial charge in [0.2, 0.25) is 0 Å². The highest BCUT2D eigenvalue weighted by molar-refractivity contribution is 5.92. The van der Waals surface area contributed by atoms with Crippen molar-refractivity contribution in [3.05, 3.63) is 48.3 Å². The van der Waals surface area contributed by atoms with Gasteiger partial charge in [0.05, 0.1) is 17.4 Å². The van der Waals surface area contributed by atoms with E-state index in [-0.39, 0.29) is 0 Å². The molecule has 4 nitrogen and oxygen atoms in total. The number of aryl methyl sites for hydroxylation is 1. The Hall–Kier alpha value is -2.20. The summed E-state index contributed by atoms with van der Waals surface area (Å²) in [6.07, 6.45) is 4.63. The van der Waals surface area contributed by atoms with Crippen molar-refractivity contribution in [3.8, 4) is 11.3 Å². The highest BCUT2D eigenvalue weighted by Gasteiger charge is 2.09. The van der Waals surface area contributed by atoms with E-state index in [0.29, 0.717) is 6.54 Å². The van der Waals surface area contributed by atoms with Gasteiger partial charge in [-0.3, -0.25) is 9.67 Å². The lowest BCUT2D eigenvalue weighted by Crippen LogP contribution is -2.02. The van der Waals surface area contributed by atoms with E-state index in [0.717, 1.165) is 35.1 Å².